The van der Waals surface area contributed by atoms with E-state index in [0.29, 0.717) is 23.8 Å². The fourth-order valence-corrected chi connectivity index (χ4v) is 4.57. The molecule has 0 N–H and O–H groups in total. The number of carbonyl (C=O) groups excluding carboxylic acids is 1. The number of fused-ring (bicyclic) bond motifs is 1. The number of rotatable bonds is 4. The van der Waals surface area contributed by atoms with Crippen LogP contribution in [0.2, 0.25) is 0 Å². The van der Waals surface area contributed by atoms with Gasteiger partial charge in [0.2, 0.25) is 0 Å². The van der Waals surface area contributed by atoms with Crippen molar-refractivity contribution in [2.75, 3.05) is 34.3 Å². The lowest BCUT2D eigenvalue weighted by molar-refractivity contribution is -0.0209. The van der Waals surface area contributed by atoms with Crippen LogP contribution in [-0.4, -0.2) is 62.1 Å². The number of carbonyl (C=O) groups is 1. The molecular formula is C21H32N2O2. The summed E-state index contributed by atoms with van der Waals surface area (Å²) in [6.07, 6.45) is 2.45. The molecule has 1 aliphatic heterocycles. The predicted molar refractivity (Wildman–Crippen MR) is 101 cm³/mol. The third kappa shape index (κ3) is 3.75. The van der Waals surface area contributed by atoms with E-state index in [4.69, 9.17) is 4.74 Å². The van der Waals surface area contributed by atoms with Gasteiger partial charge in [-0.1, -0.05) is 26.0 Å². The van der Waals surface area contributed by atoms with Crippen LogP contribution in [0.15, 0.2) is 24.3 Å². The van der Waals surface area contributed by atoms with Crippen LogP contribution in [0.3, 0.4) is 0 Å². The second-order valence-corrected chi connectivity index (χ2v) is 8.29. The minimum atomic E-state index is 0.187. The molecule has 4 nitrogen and oxygen atoms in total. The van der Waals surface area contributed by atoms with Crippen molar-refractivity contribution >= 4 is 5.91 Å². The normalized spacial score (nSPS) is 29.3. The Labute approximate surface area is 152 Å². The maximum absolute atomic E-state index is 13.0. The lowest BCUT2D eigenvalue weighted by Crippen LogP contribution is -2.47. The van der Waals surface area contributed by atoms with Crippen LogP contribution in [0.1, 0.15) is 48.5 Å². The molecule has 0 bridgehead atoms. The first-order valence-electron chi connectivity index (χ1n) is 9.49. The highest BCUT2D eigenvalue weighted by Gasteiger charge is 2.44. The summed E-state index contributed by atoms with van der Waals surface area (Å²) < 4.78 is 5.75. The van der Waals surface area contributed by atoms with Crippen LogP contribution >= 0.6 is 0 Å². The molecule has 4 heteroatoms. The second kappa shape index (κ2) is 7.46. The van der Waals surface area contributed by atoms with E-state index in [9.17, 15) is 4.79 Å². The topological polar surface area (TPSA) is 32.8 Å². The Morgan fingerprint density at radius 1 is 1.20 bits per heavy atom. The van der Waals surface area contributed by atoms with E-state index in [0.717, 1.165) is 31.5 Å². The fourth-order valence-electron chi connectivity index (χ4n) is 4.57. The van der Waals surface area contributed by atoms with Crippen LogP contribution in [0.4, 0.5) is 0 Å². The molecule has 1 aromatic rings. The molecule has 1 aromatic carbocycles. The molecule has 2 aliphatic rings. The summed E-state index contributed by atoms with van der Waals surface area (Å²) in [6, 6.07) is 8.59. The van der Waals surface area contributed by atoms with Gasteiger partial charge in [-0.2, -0.15) is 0 Å². The molecule has 1 amide bonds. The molecule has 1 saturated heterocycles. The Morgan fingerprint density at radius 2 is 1.88 bits per heavy atom. The van der Waals surface area contributed by atoms with Gasteiger partial charge in [-0.05, 0) is 62.4 Å². The van der Waals surface area contributed by atoms with Crippen molar-refractivity contribution in [3.8, 4) is 0 Å². The summed E-state index contributed by atoms with van der Waals surface area (Å²) in [5.74, 6) is 1.79. The highest BCUT2D eigenvalue weighted by atomic mass is 16.5. The van der Waals surface area contributed by atoms with Crippen LogP contribution in [0.25, 0.3) is 0 Å². The van der Waals surface area contributed by atoms with E-state index in [1.54, 1.807) is 0 Å². The molecule has 138 valence electrons. The summed E-state index contributed by atoms with van der Waals surface area (Å²) in [5.41, 5.74) is 2.06. The Kier molecular flexibility index (Phi) is 5.49. The lowest BCUT2D eigenvalue weighted by atomic mass is 9.77. The molecule has 0 radical (unpaired) electrons. The van der Waals surface area contributed by atoms with E-state index in [1.807, 2.05) is 19.2 Å². The van der Waals surface area contributed by atoms with Gasteiger partial charge in [-0.15, -0.1) is 0 Å². The van der Waals surface area contributed by atoms with Crippen LogP contribution in [-0.2, 0) is 4.74 Å². The van der Waals surface area contributed by atoms with Gasteiger partial charge in [-0.3, -0.25) is 4.79 Å². The monoisotopic (exact) mass is 344 g/mol. The molecule has 1 aliphatic carbocycles. The molecule has 2 fully saturated rings. The van der Waals surface area contributed by atoms with E-state index >= 15 is 0 Å². The first-order chi connectivity index (χ1) is 11.9. The van der Waals surface area contributed by atoms with Gasteiger partial charge in [0.25, 0.3) is 5.91 Å². The number of hydrogen-bond donors (Lipinski definition) is 0. The highest BCUT2D eigenvalue weighted by Crippen LogP contribution is 2.39. The Bertz CT molecular complexity index is 614. The van der Waals surface area contributed by atoms with Gasteiger partial charge >= 0.3 is 0 Å². The Balaban J connectivity index is 1.72. The molecule has 0 spiro atoms. The Hall–Kier alpha value is -1.39. The summed E-state index contributed by atoms with van der Waals surface area (Å²) in [7, 11) is 6.08. The number of likely N-dealkylation sites (tertiary alicyclic amines) is 1. The summed E-state index contributed by atoms with van der Waals surface area (Å²) in [5, 5.41) is 0. The minimum Gasteiger partial charge on any atom is -0.380 e. The fraction of sp³-hybridized carbons (Fsp3) is 0.667. The number of methoxy groups -OCH3 is 1. The van der Waals surface area contributed by atoms with Gasteiger partial charge < -0.3 is 14.5 Å². The van der Waals surface area contributed by atoms with E-state index < -0.39 is 0 Å². The molecule has 25 heavy (non-hydrogen) atoms. The summed E-state index contributed by atoms with van der Waals surface area (Å²) >= 11 is 0. The zero-order valence-electron chi connectivity index (χ0n) is 16.2. The van der Waals surface area contributed by atoms with Gasteiger partial charge in [-0.25, -0.2) is 0 Å². The molecule has 0 unspecified atom stereocenters. The number of ether oxygens (including phenoxy) is 1. The van der Waals surface area contributed by atoms with Gasteiger partial charge in [0.1, 0.15) is 0 Å². The SMILES string of the molecule is CO[C@@H]1C[C@H]2CN(C(=O)c3cccc(C(C)C)c3)C[C@H]2C[C@H]1N(C)C. The van der Waals surface area contributed by atoms with Gasteiger partial charge in [0.15, 0.2) is 0 Å². The van der Waals surface area contributed by atoms with E-state index in [1.165, 1.54) is 5.56 Å². The number of amides is 1. The molecular weight excluding hydrogens is 312 g/mol. The minimum absolute atomic E-state index is 0.187. The highest BCUT2D eigenvalue weighted by molar-refractivity contribution is 5.94. The molecule has 0 aromatic heterocycles. The first kappa shape index (κ1) is 18.4. The number of hydrogen-bond acceptors (Lipinski definition) is 3. The number of nitrogens with zero attached hydrogens (tertiary/aromatic N) is 2. The number of likely N-dealkylation sites (N-methyl/N-ethyl adjacent to an activating group) is 1. The smallest absolute Gasteiger partial charge is 0.253 e. The molecule has 1 saturated carbocycles. The van der Waals surface area contributed by atoms with Crippen molar-refractivity contribution < 1.29 is 9.53 Å². The van der Waals surface area contributed by atoms with Crippen LogP contribution in [0, 0.1) is 11.8 Å². The third-order valence-corrected chi connectivity index (χ3v) is 6.14. The van der Waals surface area contributed by atoms with Gasteiger partial charge in [0.05, 0.1) is 6.10 Å². The average Bonchev–Trinajstić information content (AvgIpc) is 3.02. The molecule has 4 atom stereocenters. The van der Waals surface area contributed by atoms with Crippen molar-refractivity contribution in [1.82, 2.24) is 9.80 Å². The van der Waals surface area contributed by atoms with Crippen molar-refractivity contribution in [2.45, 2.75) is 44.8 Å². The van der Waals surface area contributed by atoms with Gasteiger partial charge in [0, 0.05) is 31.8 Å². The van der Waals surface area contributed by atoms with Crippen LogP contribution < -0.4 is 0 Å². The van der Waals surface area contributed by atoms with E-state index in [2.05, 4.69) is 49.9 Å². The quantitative estimate of drug-likeness (QED) is 0.841. The second-order valence-electron chi connectivity index (χ2n) is 8.29. The summed E-state index contributed by atoms with van der Waals surface area (Å²) in [6.45, 7) is 6.09. The molecule has 1 heterocycles. The zero-order valence-corrected chi connectivity index (χ0v) is 16.2. The zero-order chi connectivity index (χ0) is 18.1. The van der Waals surface area contributed by atoms with Crippen molar-refractivity contribution in [1.29, 1.82) is 0 Å². The maximum Gasteiger partial charge on any atom is 0.253 e. The standard InChI is InChI=1S/C21H32N2O2/c1-14(2)15-7-6-8-16(9-15)21(24)23-12-17-10-19(22(3)4)20(25-5)11-18(17)13-23/h6-9,14,17-20H,10-13H2,1-5H3/t17-,18+,19-,20-/m1/s1. The Morgan fingerprint density at radius 3 is 2.48 bits per heavy atom. The predicted octanol–water partition coefficient (Wildman–Crippen LogP) is 3.24. The van der Waals surface area contributed by atoms with Crippen LogP contribution in [0.5, 0.6) is 0 Å². The largest absolute Gasteiger partial charge is 0.380 e. The van der Waals surface area contributed by atoms with Crippen molar-refractivity contribution in [3.05, 3.63) is 35.4 Å². The number of benzene rings is 1. The lowest BCUT2D eigenvalue weighted by Gasteiger charge is -2.40. The third-order valence-electron chi connectivity index (χ3n) is 6.14. The molecule has 3 rings (SSSR count). The van der Waals surface area contributed by atoms with E-state index in [-0.39, 0.29) is 12.0 Å². The van der Waals surface area contributed by atoms with Crippen molar-refractivity contribution in [3.63, 3.8) is 0 Å². The first-order valence-corrected chi connectivity index (χ1v) is 9.49. The maximum atomic E-state index is 13.0. The van der Waals surface area contributed by atoms with Crippen molar-refractivity contribution in [2.24, 2.45) is 11.8 Å². The summed E-state index contributed by atoms with van der Waals surface area (Å²) in [4.78, 5) is 17.4. The average molecular weight is 344 g/mol.